The molecule has 2 aliphatic heterocycles. The second-order valence-corrected chi connectivity index (χ2v) is 10.5. The maximum absolute atomic E-state index is 13.8. The van der Waals surface area contributed by atoms with Gasteiger partial charge in [0.15, 0.2) is 5.82 Å². The normalized spacial score (nSPS) is 15.6. The first kappa shape index (κ1) is 30.9. The van der Waals surface area contributed by atoms with E-state index in [0.29, 0.717) is 83.8 Å². The fourth-order valence-corrected chi connectivity index (χ4v) is 4.67. The summed E-state index contributed by atoms with van der Waals surface area (Å²) in [7, 11) is 1.76. The summed E-state index contributed by atoms with van der Waals surface area (Å²) < 4.78 is 33.1. The van der Waals surface area contributed by atoms with Crippen molar-refractivity contribution in [3.05, 3.63) is 23.5 Å². The number of nitrogens with zero attached hydrogens (tertiary/aromatic N) is 9. The number of allylic oxidation sites excluding steroid dienone is 1. The number of hydrogen-bond acceptors (Lipinski definition) is 11. The zero-order valence-corrected chi connectivity index (χ0v) is 24.3. The van der Waals surface area contributed by atoms with Gasteiger partial charge in [0.25, 0.3) is 6.43 Å². The number of ether oxygens (including phenoxy) is 1. The van der Waals surface area contributed by atoms with Crippen LogP contribution in [0, 0.1) is 0 Å². The number of likely N-dealkylation sites (N-methyl/N-ethyl adjacent to an activating group) is 1. The van der Waals surface area contributed by atoms with E-state index in [1.807, 2.05) is 28.5 Å². The number of rotatable bonds is 10. The van der Waals surface area contributed by atoms with Crippen LogP contribution in [0.3, 0.4) is 0 Å². The Kier molecular flexibility index (Phi) is 10.5. The summed E-state index contributed by atoms with van der Waals surface area (Å²) >= 11 is 0. The number of carbonyl (C=O) groups excluding carboxylic acids is 2. The molecule has 2 amide bonds. The first-order chi connectivity index (χ1) is 20.1. The number of aromatic nitrogens is 5. The molecule has 2 aromatic rings. The summed E-state index contributed by atoms with van der Waals surface area (Å²) in [5.41, 5.74) is 5.95. The van der Waals surface area contributed by atoms with Crippen LogP contribution in [-0.4, -0.2) is 113 Å². The van der Waals surface area contributed by atoms with Gasteiger partial charge in [0.05, 0.1) is 18.8 Å². The van der Waals surface area contributed by atoms with E-state index in [-0.39, 0.29) is 29.2 Å². The SMILES string of the molecule is CC(C)=CC(=O)N(C)CCCCC(=O)N1CCN(c2nc(-c3cnc(N)nc3C(F)F)nc(N3CCOCC3)n2)CC1. The third-order valence-corrected chi connectivity index (χ3v) is 7.03. The van der Waals surface area contributed by atoms with E-state index in [1.54, 1.807) is 18.0 Å². The van der Waals surface area contributed by atoms with Crippen molar-refractivity contribution in [1.82, 2.24) is 34.7 Å². The molecule has 0 radical (unpaired) electrons. The van der Waals surface area contributed by atoms with Gasteiger partial charge in [-0.05, 0) is 26.7 Å². The molecule has 0 spiro atoms. The summed E-state index contributed by atoms with van der Waals surface area (Å²) in [6.07, 6.45) is 1.72. The number of morpholine rings is 1. The Morgan fingerprint density at radius 1 is 1.00 bits per heavy atom. The van der Waals surface area contributed by atoms with Crippen LogP contribution in [0.5, 0.6) is 0 Å². The second kappa shape index (κ2) is 14.2. The minimum absolute atomic E-state index is 0.0145. The van der Waals surface area contributed by atoms with Gasteiger partial charge in [0.1, 0.15) is 5.69 Å². The summed E-state index contributed by atoms with van der Waals surface area (Å²) in [4.78, 5) is 53.5. The number of alkyl halides is 2. The lowest BCUT2D eigenvalue weighted by Crippen LogP contribution is -2.49. The van der Waals surface area contributed by atoms with E-state index in [2.05, 4.69) is 24.9 Å². The Morgan fingerprint density at radius 2 is 1.64 bits per heavy atom. The molecular weight excluding hydrogens is 550 g/mol. The van der Waals surface area contributed by atoms with Crippen molar-refractivity contribution in [2.75, 3.05) is 81.6 Å². The van der Waals surface area contributed by atoms with E-state index in [0.717, 1.165) is 12.0 Å². The molecule has 15 heteroatoms. The molecular formula is C27H38F2N10O3. The molecule has 228 valence electrons. The molecule has 0 atom stereocenters. The number of nitrogens with two attached hydrogens (primary N) is 1. The molecule has 2 saturated heterocycles. The highest BCUT2D eigenvalue weighted by Crippen LogP contribution is 2.30. The quantitative estimate of drug-likeness (QED) is 0.321. The molecule has 2 aliphatic rings. The molecule has 2 N–H and O–H groups in total. The van der Waals surface area contributed by atoms with Crippen molar-refractivity contribution in [2.24, 2.45) is 0 Å². The maximum atomic E-state index is 13.8. The average molecular weight is 589 g/mol. The predicted molar refractivity (Wildman–Crippen MR) is 153 cm³/mol. The van der Waals surface area contributed by atoms with E-state index in [9.17, 15) is 18.4 Å². The van der Waals surface area contributed by atoms with Gasteiger partial charge in [0, 0.05) is 71.6 Å². The lowest BCUT2D eigenvalue weighted by molar-refractivity contribution is -0.131. The number of nitrogen functional groups attached to an aromatic ring is 1. The lowest BCUT2D eigenvalue weighted by atomic mass is 10.2. The lowest BCUT2D eigenvalue weighted by Gasteiger charge is -2.35. The van der Waals surface area contributed by atoms with Gasteiger partial charge in [-0.15, -0.1) is 0 Å². The van der Waals surface area contributed by atoms with Gasteiger partial charge >= 0.3 is 0 Å². The fraction of sp³-hybridized carbons (Fsp3) is 0.593. The molecule has 4 rings (SSSR count). The summed E-state index contributed by atoms with van der Waals surface area (Å²) in [5, 5.41) is 0. The maximum Gasteiger partial charge on any atom is 0.281 e. The number of piperazine rings is 1. The van der Waals surface area contributed by atoms with Crippen LogP contribution in [0.15, 0.2) is 17.8 Å². The van der Waals surface area contributed by atoms with E-state index >= 15 is 0 Å². The van der Waals surface area contributed by atoms with E-state index in [4.69, 9.17) is 10.5 Å². The topological polar surface area (TPSA) is 147 Å². The highest BCUT2D eigenvalue weighted by atomic mass is 19.3. The third-order valence-electron chi connectivity index (χ3n) is 7.03. The Bertz CT molecular complexity index is 1280. The number of hydrogen-bond donors (Lipinski definition) is 1. The second-order valence-electron chi connectivity index (χ2n) is 10.5. The predicted octanol–water partition coefficient (Wildman–Crippen LogP) is 1.93. The highest BCUT2D eigenvalue weighted by molar-refractivity contribution is 5.87. The van der Waals surface area contributed by atoms with Crippen LogP contribution in [0.2, 0.25) is 0 Å². The largest absolute Gasteiger partial charge is 0.378 e. The molecule has 0 aliphatic carbocycles. The first-order valence-electron chi connectivity index (χ1n) is 14.0. The number of halogens is 2. The number of unbranched alkanes of at least 4 members (excludes halogenated alkanes) is 1. The zero-order chi connectivity index (χ0) is 30.2. The molecule has 0 saturated carbocycles. The average Bonchev–Trinajstić information content (AvgIpc) is 2.99. The van der Waals surface area contributed by atoms with Crippen LogP contribution < -0.4 is 15.5 Å². The van der Waals surface area contributed by atoms with Gasteiger partial charge in [0.2, 0.25) is 29.7 Å². The van der Waals surface area contributed by atoms with Crippen LogP contribution in [0.25, 0.3) is 11.4 Å². The van der Waals surface area contributed by atoms with Crippen molar-refractivity contribution in [3.63, 3.8) is 0 Å². The zero-order valence-electron chi connectivity index (χ0n) is 24.3. The minimum Gasteiger partial charge on any atom is -0.378 e. The summed E-state index contributed by atoms with van der Waals surface area (Å²) in [6.45, 7) is 8.30. The molecule has 2 aromatic heterocycles. The Hall–Kier alpha value is -4.01. The first-order valence-corrected chi connectivity index (χ1v) is 14.0. The fourth-order valence-electron chi connectivity index (χ4n) is 4.67. The Balaban J connectivity index is 1.41. The van der Waals surface area contributed by atoms with Crippen molar-refractivity contribution in [2.45, 2.75) is 39.5 Å². The molecule has 4 heterocycles. The Morgan fingerprint density at radius 3 is 2.26 bits per heavy atom. The smallest absolute Gasteiger partial charge is 0.281 e. The van der Waals surface area contributed by atoms with E-state index in [1.165, 1.54) is 6.20 Å². The summed E-state index contributed by atoms with van der Waals surface area (Å²) in [6, 6.07) is 0. The number of amides is 2. The van der Waals surface area contributed by atoms with Crippen LogP contribution in [0.4, 0.5) is 26.6 Å². The minimum atomic E-state index is -2.90. The third kappa shape index (κ3) is 8.05. The summed E-state index contributed by atoms with van der Waals surface area (Å²) in [5.74, 6) is 0.464. The van der Waals surface area contributed by atoms with Crippen molar-refractivity contribution in [3.8, 4) is 11.4 Å². The standard InChI is InChI=1S/C27H38F2N10O3/c1-18(2)16-21(41)36(3)7-5-4-6-20(40)37-8-10-38(11-9-37)26-33-24(19-17-31-25(30)32-22(19)23(28)29)34-27(35-26)39-12-14-42-15-13-39/h16-17,23H,4-15H2,1-3H3,(H2,30,31,32). The van der Waals surface area contributed by atoms with E-state index < -0.39 is 12.1 Å². The molecule has 2 fully saturated rings. The van der Waals surface area contributed by atoms with Crippen molar-refractivity contribution in [1.29, 1.82) is 0 Å². The van der Waals surface area contributed by atoms with Gasteiger partial charge in [-0.25, -0.2) is 18.7 Å². The molecule has 13 nitrogen and oxygen atoms in total. The molecule has 0 bridgehead atoms. The van der Waals surface area contributed by atoms with Crippen LogP contribution >= 0.6 is 0 Å². The number of carbonyl (C=O) groups is 2. The Labute approximate surface area is 243 Å². The highest BCUT2D eigenvalue weighted by Gasteiger charge is 2.27. The van der Waals surface area contributed by atoms with Gasteiger partial charge in [-0.1, -0.05) is 5.57 Å². The van der Waals surface area contributed by atoms with Gasteiger partial charge in [-0.2, -0.15) is 15.0 Å². The van der Waals surface area contributed by atoms with Crippen molar-refractivity contribution < 1.29 is 23.1 Å². The van der Waals surface area contributed by atoms with Crippen molar-refractivity contribution >= 4 is 29.7 Å². The molecule has 0 aromatic carbocycles. The monoisotopic (exact) mass is 588 g/mol. The van der Waals surface area contributed by atoms with Gasteiger partial charge in [-0.3, -0.25) is 9.59 Å². The number of anilines is 3. The van der Waals surface area contributed by atoms with Crippen LogP contribution in [0.1, 0.15) is 45.2 Å². The molecule has 42 heavy (non-hydrogen) atoms. The molecule has 0 unspecified atom stereocenters. The van der Waals surface area contributed by atoms with Gasteiger partial charge < -0.3 is 30.1 Å². The van der Waals surface area contributed by atoms with Crippen LogP contribution in [-0.2, 0) is 14.3 Å².